The van der Waals surface area contributed by atoms with Gasteiger partial charge >= 0.3 is 5.97 Å². The van der Waals surface area contributed by atoms with Crippen molar-refractivity contribution in [3.63, 3.8) is 0 Å². The summed E-state index contributed by atoms with van der Waals surface area (Å²) in [6.07, 6.45) is -16.5. The number of hydrogen-bond acceptors (Lipinski definition) is 18. The number of esters is 1. The van der Waals surface area contributed by atoms with Crippen LogP contribution in [0.5, 0.6) is 34.5 Å². The molecule has 3 heterocycles. The van der Waals surface area contributed by atoms with Crippen molar-refractivity contribution < 1.29 is 88.6 Å². The molecule has 0 bridgehead atoms. The molecule has 2 saturated heterocycles. The first-order valence-electron chi connectivity index (χ1n) is 14.9. The van der Waals surface area contributed by atoms with Crippen molar-refractivity contribution in [3.05, 3.63) is 41.2 Å². The molecule has 0 aromatic heterocycles. The lowest BCUT2D eigenvalue weighted by Gasteiger charge is -2.41. The molecule has 0 aliphatic carbocycles. The van der Waals surface area contributed by atoms with Gasteiger partial charge in [0.25, 0.3) is 0 Å². The molecule has 1 unspecified atom stereocenters. The van der Waals surface area contributed by atoms with Crippen molar-refractivity contribution in [3.8, 4) is 34.5 Å². The van der Waals surface area contributed by atoms with E-state index in [0.717, 1.165) is 13.0 Å². The van der Waals surface area contributed by atoms with Gasteiger partial charge in [-0.3, -0.25) is 4.79 Å². The Hall–Kier alpha value is -4.11. The van der Waals surface area contributed by atoms with Gasteiger partial charge in [-0.2, -0.15) is 0 Å². The number of ether oxygens (including phenoxy) is 8. The third-order valence-electron chi connectivity index (χ3n) is 8.15. The average Bonchev–Trinajstić information content (AvgIpc) is 3.08. The van der Waals surface area contributed by atoms with Crippen LogP contribution in [0.25, 0.3) is 6.08 Å². The second kappa shape index (κ2) is 14.8. The molecular formula is C31H38O18. The Morgan fingerprint density at radius 2 is 1.33 bits per heavy atom. The van der Waals surface area contributed by atoms with E-state index >= 15 is 0 Å². The van der Waals surface area contributed by atoms with E-state index in [4.69, 9.17) is 37.9 Å². The Labute approximate surface area is 278 Å². The molecule has 5 rings (SSSR count). The maximum absolute atomic E-state index is 11.4. The maximum Gasteiger partial charge on any atom is 0.302 e. The summed E-state index contributed by atoms with van der Waals surface area (Å²) in [4.78, 5) is 11.4. The number of aliphatic hydroxyl groups excluding tert-OH is 7. The number of phenols is 2. The Kier molecular flexibility index (Phi) is 10.9. The summed E-state index contributed by atoms with van der Waals surface area (Å²) in [6, 6.07) is 5.11. The molecule has 0 saturated carbocycles. The van der Waals surface area contributed by atoms with Crippen molar-refractivity contribution in [1.82, 2.24) is 0 Å². The van der Waals surface area contributed by atoms with Crippen LogP contribution in [0.15, 0.2) is 30.0 Å². The highest BCUT2D eigenvalue weighted by atomic mass is 16.7. The number of aliphatic hydroxyl groups is 7. The molecule has 49 heavy (non-hydrogen) atoms. The van der Waals surface area contributed by atoms with Crippen LogP contribution in [-0.4, -0.2) is 141 Å². The van der Waals surface area contributed by atoms with Gasteiger partial charge in [-0.25, -0.2) is 0 Å². The zero-order valence-electron chi connectivity index (χ0n) is 26.4. The van der Waals surface area contributed by atoms with E-state index in [2.05, 4.69) is 0 Å². The third kappa shape index (κ3) is 7.28. The number of benzene rings is 2. The molecule has 270 valence electrons. The van der Waals surface area contributed by atoms with E-state index < -0.39 is 86.7 Å². The van der Waals surface area contributed by atoms with Crippen molar-refractivity contribution >= 4 is 12.0 Å². The lowest BCUT2D eigenvalue weighted by molar-refractivity contribution is -0.294. The summed E-state index contributed by atoms with van der Waals surface area (Å²) < 4.78 is 44.8. The molecule has 3 aliphatic rings. The number of carbonyl (C=O) groups is 1. The van der Waals surface area contributed by atoms with Crippen LogP contribution in [0.1, 0.15) is 24.2 Å². The summed E-state index contributed by atoms with van der Waals surface area (Å²) in [5, 5.41) is 93.6. The average molecular weight is 699 g/mol. The quantitative estimate of drug-likeness (QED) is 0.123. The molecule has 9 N–H and O–H groups in total. The Morgan fingerprint density at radius 3 is 1.90 bits per heavy atom. The first kappa shape index (κ1) is 36.2. The van der Waals surface area contributed by atoms with E-state index in [1.54, 1.807) is 0 Å². The number of aromatic hydroxyl groups is 2. The van der Waals surface area contributed by atoms with Crippen LogP contribution >= 0.6 is 0 Å². The highest BCUT2D eigenvalue weighted by Gasteiger charge is 2.48. The largest absolute Gasteiger partial charge is 0.508 e. The molecule has 0 spiro atoms. The fourth-order valence-corrected chi connectivity index (χ4v) is 5.50. The third-order valence-corrected chi connectivity index (χ3v) is 8.15. The van der Waals surface area contributed by atoms with E-state index in [-0.39, 0.29) is 51.4 Å². The molecule has 18 heteroatoms. The monoisotopic (exact) mass is 698 g/mol. The molecule has 2 fully saturated rings. The highest BCUT2D eigenvalue weighted by Crippen LogP contribution is 2.48. The van der Waals surface area contributed by atoms with Crippen LogP contribution in [-0.2, 0) is 23.7 Å². The molecular weight excluding hydrogens is 660 g/mol. The van der Waals surface area contributed by atoms with Gasteiger partial charge in [0.15, 0.2) is 17.6 Å². The van der Waals surface area contributed by atoms with E-state index in [1.807, 2.05) is 0 Å². The summed E-state index contributed by atoms with van der Waals surface area (Å²) >= 11 is 0. The maximum atomic E-state index is 11.4. The predicted molar refractivity (Wildman–Crippen MR) is 159 cm³/mol. The van der Waals surface area contributed by atoms with Gasteiger partial charge in [0.1, 0.15) is 78.4 Å². The minimum absolute atomic E-state index is 0.0282. The zero-order chi connectivity index (χ0) is 35.7. The van der Waals surface area contributed by atoms with Crippen molar-refractivity contribution in [2.75, 3.05) is 27.4 Å². The van der Waals surface area contributed by atoms with Gasteiger partial charge in [-0.1, -0.05) is 0 Å². The number of phenolic OH excluding ortho intramolecular Hbond substituents is 2. The van der Waals surface area contributed by atoms with E-state index in [0.29, 0.717) is 0 Å². The lowest BCUT2D eigenvalue weighted by Crippen LogP contribution is -2.60. The zero-order valence-corrected chi connectivity index (χ0v) is 26.4. The number of fused-ring (bicyclic) bond motifs is 1. The number of carbonyl (C=O) groups excluding carboxylic acids is 1. The van der Waals surface area contributed by atoms with Gasteiger partial charge in [0.2, 0.25) is 18.3 Å². The Bertz CT molecular complexity index is 1500. The van der Waals surface area contributed by atoms with Gasteiger partial charge in [0.05, 0.1) is 26.4 Å². The van der Waals surface area contributed by atoms with E-state index in [9.17, 15) is 50.8 Å². The van der Waals surface area contributed by atoms with Crippen LogP contribution in [0.2, 0.25) is 0 Å². The second-order valence-corrected chi connectivity index (χ2v) is 11.4. The summed E-state index contributed by atoms with van der Waals surface area (Å²) in [5.41, 5.74) is 0.298. The fourth-order valence-electron chi connectivity index (χ4n) is 5.50. The molecule has 0 radical (unpaired) electrons. The van der Waals surface area contributed by atoms with Crippen molar-refractivity contribution in [1.29, 1.82) is 0 Å². The molecule has 18 nitrogen and oxygen atoms in total. The number of methoxy groups -OCH3 is 2. The Morgan fingerprint density at radius 1 is 0.755 bits per heavy atom. The summed E-state index contributed by atoms with van der Waals surface area (Å²) in [6.45, 7) is -0.0962. The first-order chi connectivity index (χ1) is 23.3. The standard InChI is InChI=1S/C31H38O18/c1-11(33)44-10-21-24(37)26(39)28(41)31(49-21)47-19-8-14-15(45-29(19)12-4-17(42-2)22(35)18(5-12)43-3)6-13(34)7-16(14)46-30-27(40)25(38)23(36)20(9-32)48-30/h4-8,20-21,23-32,34-41H,9-10H2,1-3H3/t20-,21-,23-,24-,25+,26+,27-,28-,29?,30-,31-/m1/s1. The van der Waals surface area contributed by atoms with Crippen LogP contribution in [0.4, 0.5) is 0 Å². The van der Waals surface area contributed by atoms with Crippen LogP contribution in [0, 0.1) is 0 Å². The first-order valence-corrected chi connectivity index (χ1v) is 14.9. The highest BCUT2D eigenvalue weighted by molar-refractivity contribution is 5.70. The van der Waals surface area contributed by atoms with Gasteiger partial charge < -0.3 is 83.9 Å². The molecule has 11 atom stereocenters. The van der Waals surface area contributed by atoms with Crippen molar-refractivity contribution in [2.24, 2.45) is 0 Å². The molecule has 2 aromatic carbocycles. The second-order valence-electron chi connectivity index (χ2n) is 11.4. The van der Waals surface area contributed by atoms with Crippen LogP contribution < -0.4 is 18.9 Å². The van der Waals surface area contributed by atoms with Crippen LogP contribution in [0.3, 0.4) is 0 Å². The molecule has 2 aromatic rings. The van der Waals surface area contributed by atoms with Gasteiger partial charge in [-0.15, -0.1) is 0 Å². The fraction of sp³-hybridized carbons (Fsp3) is 0.516. The minimum Gasteiger partial charge on any atom is -0.508 e. The number of rotatable bonds is 10. The van der Waals surface area contributed by atoms with Crippen molar-refractivity contribution in [2.45, 2.75) is 74.4 Å². The summed E-state index contributed by atoms with van der Waals surface area (Å²) in [5.74, 6) is -1.85. The van der Waals surface area contributed by atoms with Gasteiger partial charge in [0, 0.05) is 24.6 Å². The molecule has 3 aliphatic heterocycles. The summed E-state index contributed by atoms with van der Waals surface area (Å²) in [7, 11) is 2.59. The number of hydrogen-bond donors (Lipinski definition) is 9. The normalized spacial score (nSPS) is 32.6. The van der Waals surface area contributed by atoms with E-state index in [1.165, 1.54) is 38.5 Å². The van der Waals surface area contributed by atoms with Gasteiger partial charge in [-0.05, 0) is 18.2 Å². The SMILES string of the molecule is COc1cc(C2Oc3cc(O)cc(O[C@@H]4O[C@H](CO)[C@@H](O)[C@H](O)[C@H]4O)c3C=C2O[C@@H]2O[C@H](COC(C)=O)[C@@H](O)[C@H](O)[C@H]2O)cc(OC)c1O. The lowest BCUT2D eigenvalue weighted by atomic mass is 9.98. The smallest absolute Gasteiger partial charge is 0.302 e. The molecule has 0 amide bonds. The minimum atomic E-state index is -1.85. The predicted octanol–water partition coefficient (Wildman–Crippen LogP) is -1.84. The topological polar surface area (TPSA) is 273 Å². The Balaban J connectivity index is 1.57.